The van der Waals surface area contributed by atoms with E-state index in [0.717, 1.165) is 12.2 Å². The molecule has 0 bridgehead atoms. The van der Waals surface area contributed by atoms with Crippen LogP contribution in [-0.2, 0) is 6.42 Å². The summed E-state index contributed by atoms with van der Waals surface area (Å²) in [4.78, 5) is 2.61. The zero-order valence-corrected chi connectivity index (χ0v) is 12.4. The van der Waals surface area contributed by atoms with Gasteiger partial charge in [-0.1, -0.05) is 12.1 Å². The highest BCUT2D eigenvalue weighted by Crippen LogP contribution is 2.17. The molecule has 106 valence electrons. The highest BCUT2D eigenvalue weighted by molar-refractivity contribution is 5.27. The van der Waals surface area contributed by atoms with Crippen molar-refractivity contribution in [2.24, 2.45) is 0 Å². The Morgan fingerprint density at radius 1 is 1.37 bits per heavy atom. The number of nitrogens with one attached hydrogen (secondary N) is 1. The summed E-state index contributed by atoms with van der Waals surface area (Å²) in [5, 5.41) is 3.41. The van der Waals surface area contributed by atoms with Gasteiger partial charge in [0.15, 0.2) is 0 Å². The van der Waals surface area contributed by atoms with E-state index in [0.29, 0.717) is 12.1 Å². The Hall–Kier alpha value is -1.06. The number of likely N-dealkylation sites (N-methyl/N-ethyl adjacent to an activating group) is 1. The van der Waals surface area contributed by atoms with Gasteiger partial charge in [-0.2, -0.15) is 0 Å². The van der Waals surface area contributed by atoms with E-state index in [1.807, 2.05) is 0 Å². The Bertz CT molecular complexity index is 377. The van der Waals surface area contributed by atoms with E-state index < -0.39 is 0 Å². The zero-order valence-electron chi connectivity index (χ0n) is 12.4. The second kappa shape index (κ2) is 6.92. The lowest BCUT2D eigenvalue weighted by Crippen LogP contribution is -2.48. The molecule has 3 heteroatoms. The molecule has 1 N–H and O–H groups in total. The van der Waals surface area contributed by atoms with Crippen LogP contribution < -0.4 is 10.1 Å². The maximum absolute atomic E-state index is 5.20. The van der Waals surface area contributed by atoms with Gasteiger partial charge in [0.2, 0.25) is 0 Å². The second-order valence-corrected chi connectivity index (χ2v) is 5.52. The first kappa shape index (κ1) is 14.4. The molecule has 1 saturated heterocycles. The summed E-state index contributed by atoms with van der Waals surface area (Å²) in [6, 6.07) is 9.71. The Morgan fingerprint density at radius 2 is 2.11 bits per heavy atom. The van der Waals surface area contributed by atoms with Crippen molar-refractivity contribution < 1.29 is 4.74 Å². The minimum absolute atomic E-state index is 0.601. The third kappa shape index (κ3) is 3.95. The zero-order chi connectivity index (χ0) is 13.7. The molecule has 1 aliphatic heterocycles. The maximum atomic E-state index is 5.20. The van der Waals surface area contributed by atoms with Gasteiger partial charge in [0.25, 0.3) is 0 Å². The summed E-state index contributed by atoms with van der Waals surface area (Å²) in [5.74, 6) is 0.935. The number of piperidine rings is 1. The molecule has 1 fully saturated rings. The maximum Gasteiger partial charge on any atom is 0.118 e. The average Bonchev–Trinajstić information content (AvgIpc) is 2.48. The first-order chi connectivity index (χ1) is 9.22. The summed E-state index contributed by atoms with van der Waals surface area (Å²) in [6.07, 6.45) is 3.72. The largest absolute Gasteiger partial charge is 0.497 e. The van der Waals surface area contributed by atoms with Gasteiger partial charge in [-0.15, -0.1) is 0 Å². The quantitative estimate of drug-likeness (QED) is 0.881. The molecule has 0 aromatic heterocycles. The van der Waals surface area contributed by atoms with Crippen molar-refractivity contribution in [3.8, 4) is 5.75 Å². The molecular formula is C16H26N2O. The SMILES string of the molecule is CNC1CCCN(C(C)Cc2ccc(OC)cc2)C1. The Balaban J connectivity index is 1.90. The molecular weight excluding hydrogens is 236 g/mol. The van der Waals surface area contributed by atoms with Crippen LogP contribution in [0.1, 0.15) is 25.3 Å². The third-order valence-electron chi connectivity index (χ3n) is 4.17. The fourth-order valence-corrected chi connectivity index (χ4v) is 2.87. The number of ether oxygens (including phenoxy) is 1. The fraction of sp³-hybridized carbons (Fsp3) is 0.625. The van der Waals surface area contributed by atoms with E-state index in [4.69, 9.17) is 4.74 Å². The van der Waals surface area contributed by atoms with Crippen molar-refractivity contribution in [2.45, 2.75) is 38.3 Å². The molecule has 0 saturated carbocycles. The van der Waals surface area contributed by atoms with Gasteiger partial charge >= 0.3 is 0 Å². The molecule has 0 aliphatic carbocycles. The monoisotopic (exact) mass is 262 g/mol. The molecule has 2 unspecified atom stereocenters. The number of likely N-dealkylation sites (tertiary alicyclic amines) is 1. The van der Waals surface area contributed by atoms with Crippen molar-refractivity contribution in [2.75, 3.05) is 27.2 Å². The van der Waals surface area contributed by atoms with Crippen molar-refractivity contribution in [1.82, 2.24) is 10.2 Å². The fourth-order valence-electron chi connectivity index (χ4n) is 2.87. The summed E-state index contributed by atoms with van der Waals surface area (Å²) in [5.41, 5.74) is 1.39. The van der Waals surface area contributed by atoms with Crippen LogP contribution in [0.5, 0.6) is 5.75 Å². The Labute approximate surface area is 116 Å². The lowest BCUT2D eigenvalue weighted by atomic mass is 10.0. The van der Waals surface area contributed by atoms with Crippen molar-refractivity contribution in [1.29, 1.82) is 0 Å². The van der Waals surface area contributed by atoms with E-state index in [1.165, 1.54) is 31.5 Å². The first-order valence-corrected chi connectivity index (χ1v) is 7.27. The van der Waals surface area contributed by atoms with Crippen molar-refractivity contribution >= 4 is 0 Å². The van der Waals surface area contributed by atoms with E-state index in [2.05, 4.69) is 48.5 Å². The summed E-state index contributed by atoms with van der Waals surface area (Å²) < 4.78 is 5.20. The Kier molecular flexibility index (Phi) is 5.23. The molecule has 1 aliphatic rings. The van der Waals surface area contributed by atoms with Crippen LogP contribution in [0, 0.1) is 0 Å². The predicted molar refractivity (Wildman–Crippen MR) is 79.8 cm³/mol. The van der Waals surface area contributed by atoms with E-state index in [9.17, 15) is 0 Å². The molecule has 3 nitrogen and oxygen atoms in total. The van der Waals surface area contributed by atoms with Gasteiger partial charge in [-0.3, -0.25) is 4.90 Å². The van der Waals surface area contributed by atoms with Crippen molar-refractivity contribution in [3.05, 3.63) is 29.8 Å². The molecule has 0 amide bonds. The smallest absolute Gasteiger partial charge is 0.118 e. The molecule has 19 heavy (non-hydrogen) atoms. The van der Waals surface area contributed by atoms with E-state index in [-0.39, 0.29) is 0 Å². The van der Waals surface area contributed by atoms with Crippen LogP contribution in [0.4, 0.5) is 0 Å². The minimum atomic E-state index is 0.601. The lowest BCUT2D eigenvalue weighted by molar-refractivity contribution is 0.148. The molecule has 1 heterocycles. The molecule has 0 radical (unpaired) electrons. The van der Waals surface area contributed by atoms with Crippen LogP contribution in [0.25, 0.3) is 0 Å². The van der Waals surface area contributed by atoms with Gasteiger partial charge in [0, 0.05) is 18.6 Å². The van der Waals surface area contributed by atoms with Gasteiger partial charge in [-0.25, -0.2) is 0 Å². The number of methoxy groups -OCH3 is 1. The first-order valence-electron chi connectivity index (χ1n) is 7.27. The van der Waals surface area contributed by atoms with Crippen LogP contribution in [0.2, 0.25) is 0 Å². The minimum Gasteiger partial charge on any atom is -0.497 e. The van der Waals surface area contributed by atoms with Crippen LogP contribution >= 0.6 is 0 Å². The summed E-state index contributed by atoms with van der Waals surface area (Å²) in [7, 11) is 3.78. The second-order valence-electron chi connectivity index (χ2n) is 5.52. The molecule has 1 aromatic carbocycles. The predicted octanol–water partition coefficient (Wildman–Crippen LogP) is 2.31. The normalized spacial score (nSPS) is 22.2. The number of benzene rings is 1. The third-order valence-corrected chi connectivity index (χ3v) is 4.17. The molecule has 2 rings (SSSR count). The van der Waals surface area contributed by atoms with Crippen molar-refractivity contribution in [3.63, 3.8) is 0 Å². The van der Waals surface area contributed by atoms with Gasteiger partial charge in [0.1, 0.15) is 5.75 Å². The molecule has 1 aromatic rings. The number of rotatable bonds is 5. The van der Waals surface area contributed by atoms with Gasteiger partial charge in [0.05, 0.1) is 7.11 Å². The number of hydrogen-bond donors (Lipinski definition) is 1. The Morgan fingerprint density at radius 3 is 2.74 bits per heavy atom. The average molecular weight is 262 g/mol. The van der Waals surface area contributed by atoms with E-state index in [1.54, 1.807) is 7.11 Å². The van der Waals surface area contributed by atoms with Gasteiger partial charge < -0.3 is 10.1 Å². The number of nitrogens with zero attached hydrogens (tertiary/aromatic N) is 1. The molecule has 2 atom stereocenters. The highest BCUT2D eigenvalue weighted by atomic mass is 16.5. The highest BCUT2D eigenvalue weighted by Gasteiger charge is 2.22. The summed E-state index contributed by atoms with van der Waals surface area (Å²) in [6.45, 7) is 4.74. The van der Waals surface area contributed by atoms with E-state index >= 15 is 0 Å². The lowest BCUT2D eigenvalue weighted by Gasteiger charge is -2.36. The van der Waals surface area contributed by atoms with Crippen LogP contribution in [-0.4, -0.2) is 44.2 Å². The standard InChI is InChI=1S/C16H26N2O/c1-13(18-10-4-5-15(12-18)17-2)11-14-6-8-16(19-3)9-7-14/h6-9,13,15,17H,4-5,10-12H2,1-3H3. The van der Waals surface area contributed by atoms with Gasteiger partial charge in [-0.05, 0) is 57.5 Å². The topological polar surface area (TPSA) is 24.5 Å². The molecule has 0 spiro atoms. The van der Waals surface area contributed by atoms with Crippen LogP contribution in [0.3, 0.4) is 0 Å². The summed E-state index contributed by atoms with van der Waals surface area (Å²) >= 11 is 0. The van der Waals surface area contributed by atoms with Crippen LogP contribution in [0.15, 0.2) is 24.3 Å². The number of hydrogen-bond acceptors (Lipinski definition) is 3.